The number of ether oxygens (including phenoxy) is 2. The summed E-state index contributed by atoms with van der Waals surface area (Å²) in [5, 5.41) is 19.2. The minimum Gasteiger partial charge on any atom is -0.495 e. The number of nitrogens with zero attached hydrogens (tertiary/aromatic N) is 3. The van der Waals surface area contributed by atoms with E-state index in [1.165, 1.54) is 11.8 Å². The van der Waals surface area contributed by atoms with Crippen LogP contribution in [0.4, 0.5) is 0 Å². The highest BCUT2D eigenvalue weighted by Gasteiger charge is 2.14. The highest BCUT2D eigenvalue weighted by atomic mass is 32.2. The van der Waals surface area contributed by atoms with Crippen LogP contribution in [0.5, 0.6) is 11.5 Å². The Morgan fingerprint density at radius 1 is 0.935 bits per heavy atom. The van der Waals surface area contributed by atoms with Gasteiger partial charge in [0.05, 0.1) is 18.9 Å². The lowest BCUT2D eigenvalue weighted by molar-refractivity contribution is 0.126. The first-order valence-corrected chi connectivity index (χ1v) is 10.9. The third-order valence-electron chi connectivity index (χ3n) is 4.67. The highest BCUT2D eigenvalue weighted by molar-refractivity contribution is 7.99. The van der Waals surface area contributed by atoms with E-state index in [0.717, 1.165) is 28.3 Å². The van der Waals surface area contributed by atoms with Gasteiger partial charge in [0.1, 0.15) is 24.4 Å². The molecule has 31 heavy (non-hydrogen) atoms. The van der Waals surface area contributed by atoms with Gasteiger partial charge in [-0.25, -0.2) is 0 Å². The third kappa shape index (κ3) is 5.25. The Bertz CT molecular complexity index is 1100. The molecule has 1 atom stereocenters. The van der Waals surface area contributed by atoms with Crippen molar-refractivity contribution < 1.29 is 14.6 Å². The number of thioether (sulfide) groups is 1. The summed E-state index contributed by atoms with van der Waals surface area (Å²) in [6, 6.07) is 25.7. The van der Waals surface area contributed by atoms with Gasteiger partial charge >= 0.3 is 0 Å². The molecule has 4 aromatic rings. The quantitative estimate of drug-likeness (QED) is 0.393. The van der Waals surface area contributed by atoms with Crippen LogP contribution >= 0.6 is 11.8 Å². The van der Waals surface area contributed by atoms with Crippen LogP contribution in [0.3, 0.4) is 0 Å². The number of hydrogen-bond acceptors (Lipinski definition) is 6. The van der Waals surface area contributed by atoms with Crippen molar-refractivity contribution >= 4 is 11.8 Å². The normalized spacial score (nSPS) is 11.8. The molecule has 0 aliphatic carbocycles. The van der Waals surface area contributed by atoms with E-state index in [4.69, 9.17) is 9.47 Å². The molecule has 0 amide bonds. The van der Waals surface area contributed by atoms with Crippen LogP contribution in [0, 0.1) is 0 Å². The predicted octanol–water partition coefficient (Wildman–Crippen LogP) is 4.47. The van der Waals surface area contributed by atoms with Gasteiger partial charge in [0.2, 0.25) is 0 Å². The number of aromatic nitrogens is 3. The summed E-state index contributed by atoms with van der Waals surface area (Å²) < 4.78 is 13.0. The van der Waals surface area contributed by atoms with Crippen molar-refractivity contribution in [2.45, 2.75) is 11.3 Å². The largest absolute Gasteiger partial charge is 0.495 e. The van der Waals surface area contributed by atoms with Crippen molar-refractivity contribution in [1.82, 2.24) is 14.8 Å². The second-order valence-electron chi connectivity index (χ2n) is 6.82. The molecule has 4 rings (SSSR count). The minimum absolute atomic E-state index is 0.195. The highest BCUT2D eigenvalue weighted by Crippen LogP contribution is 2.27. The van der Waals surface area contributed by atoms with Gasteiger partial charge in [-0.3, -0.25) is 4.57 Å². The monoisotopic (exact) mass is 433 g/mol. The smallest absolute Gasteiger partial charge is 0.195 e. The maximum Gasteiger partial charge on any atom is 0.195 e. The number of benzene rings is 3. The Balaban J connectivity index is 1.32. The van der Waals surface area contributed by atoms with E-state index in [1.54, 1.807) is 13.4 Å². The summed E-state index contributed by atoms with van der Waals surface area (Å²) in [6.45, 7) is 0.195. The number of hydrogen-bond donors (Lipinski definition) is 1. The van der Waals surface area contributed by atoms with Crippen LogP contribution in [0.1, 0.15) is 0 Å². The number of para-hydroxylation sites is 2. The van der Waals surface area contributed by atoms with Gasteiger partial charge in [-0.1, -0.05) is 66.4 Å². The molecule has 1 unspecified atom stereocenters. The van der Waals surface area contributed by atoms with Gasteiger partial charge in [0.25, 0.3) is 0 Å². The van der Waals surface area contributed by atoms with Crippen LogP contribution in [-0.4, -0.2) is 45.4 Å². The summed E-state index contributed by atoms with van der Waals surface area (Å²) >= 11 is 1.41. The molecule has 0 radical (unpaired) electrons. The SMILES string of the molecule is COc1ccccc1-n1cnnc1SCC(O)COc1ccc(-c2ccccc2)cc1. The first kappa shape index (κ1) is 21.0. The van der Waals surface area contributed by atoms with Crippen molar-refractivity contribution in [1.29, 1.82) is 0 Å². The number of methoxy groups -OCH3 is 1. The third-order valence-corrected chi connectivity index (χ3v) is 5.76. The molecule has 1 aromatic heterocycles. The lowest BCUT2D eigenvalue weighted by Gasteiger charge is -2.13. The zero-order valence-corrected chi connectivity index (χ0v) is 17.9. The Morgan fingerprint density at radius 2 is 1.65 bits per heavy atom. The molecular formula is C24H23N3O3S. The zero-order chi connectivity index (χ0) is 21.5. The van der Waals surface area contributed by atoms with E-state index < -0.39 is 6.10 Å². The molecule has 0 aliphatic heterocycles. The molecule has 158 valence electrons. The van der Waals surface area contributed by atoms with E-state index in [2.05, 4.69) is 22.3 Å². The summed E-state index contributed by atoms with van der Waals surface area (Å²) in [5.41, 5.74) is 3.13. The van der Waals surface area contributed by atoms with Gasteiger partial charge < -0.3 is 14.6 Å². The molecule has 3 aromatic carbocycles. The second-order valence-corrected chi connectivity index (χ2v) is 7.81. The Morgan fingerprint density at radius 3 is 2.42 bits per heavy atom. The Hall–Kier alpha value is -3.29. The van der Waals surface area contributed by atoms with Crippen LogP contribution < -0.4 is 9.47 Å². The average molecular weight is 434 g/mol. The summed E-state index contributed by atoms with van der Waals surface area (Å²) in [4.78, 5) is 0. The Kier molecular flexibility index (Phi) is 6.86. The van der Waals surface area contributed by atoms with Crippen molar-refractivity contribution in [3.8, 4) is 28.3 Å². The molecule has 1 heterocycles. The van der Waals surface area contributed by atoms with Crippen LogP contribution in [-0.2, 0) is 0 Å². The van der Waals surface area contributed by atoms with E-state index in [0.29, 0.717) is 10.9 Å². The van der Waals surface area contributed by atoms with Crippen molar-refractivity contribution in [2.75, 3.05) is 19.5 Å². The lowest BCUT2D eigenvalue weighted by Crippen LogP contribution is -2.20. The maximum absolute atomic E-state index is 10.4. The Labute approximate surface area is 185 Å². The number of rotatable bonds is 9. The number of aliphatic hydroxyl groups is 1. The van der Waals surface area contributed by atoms with Crippen LogP contribution in [0.2, 0.25) is 0 Å². The fraction of sp³-hybridized carbons (Fsp3) is 0.167. The van der Waals surface area contributed by atoms with E-state index in [9.17, 15) is 5.11 Å². The van der Waals surface area contributed by atoms with Crippen LogP contribution in [0.25, 0.3) is 16.8 Å². The molecule has 0 aliphatic rings. The van der Waals surface area contributed by atoms with Crippen molar-refractivity contribution in [2.24, 2.45) is 0 Å². The lowest BCUT2D eigenvalue weighted by atomic mass is 10.1. The minimum atomic E-state index is -0.651. The molecule has 7 heteroatoms. The van der Waals surface area contributed by atoms with Crippen LogP contribution in [0.15, 0.2) is 90.3 Å². The van der Waals surface area contributed by atoms with Gasteiger partial charge in [0.15, 0.2) is 5.16 Å². The summed E-state index contributed by atoms with van der Waals surface area (Å²) in [5.74, 6) is 1.88. The van der Waals surface area contributed by atoms with Gasteiger partial charge in [-0.15, -0.1) is 10.2 Å². The maximum atomic E-state index is 10.4. The molecular weight excluding hydrogens is 410 g/mol. The molecule has 0 spiro atoms. The predicted molar refractivity (Wildman–Crippen MR) is 122 cm³/mol. The van der Waals surface area contributed by atoms with Gasteiger partial charge in [-0.2, -0.15) is 0 Å². The molecule has 6 nitrogen and oxygen atoms in total. The first-order chi connectivity index (χ1) is 15.2. The molecule has 0 saturated carbocycles. The first-order valence-electron chi connectivity index (χ1n) is 9.87. The molecule has 0 bridgehead atoms. The van der Waals surface area contributed by atoms with E-state index in [-0.39, 0.29) is 6.61 Å². The van der Waals surface area contributed by atoms with Crippen molar-refractivity contribution in [3.05, 3.63) is 85.2 Å². The molecule has 1 N–H and O–H groups in total. The number of aliphatic hydroxyl groups excluding tert-OH is 1. The van der Waals surface area contributed by atoms with E-state index in [1.807, 2.05) is 71.3 Å². The van der Waals surface area contributed by atoms with Crippen molar-refractivity contribution in [3.63, 3.8) is 0 Å². The standard InChI is InChI=1S/C24H23N3O3S/c1-29-23-10-6-5-9-22(23)27-17-25-26-24(27)31-16-20(28)15-30-21-13-11-19(12-14-21)18-7-3-2-4-8-18/h2-14,17,20,28H,15-16H2,1H3. The zero-order valence-electron chi connectivity index (χ0n) is 17.1. The average Bonchev–Trinajstić information content (AvgIpc) is 3.30. The summed E-state index contributed by atoms with van der Waals surface area (Å²) in [7, 11) is 1.63. The fourth-order valence-corrected chi connectivity index (χ4v) is 3.93. The molecule has 0 saturated heterocycles. The fourth-order valence-electron chi connectivity index (χ4n) is 3.10. The van der Waals surface area contributed by atoms with Gasteiger partial charge in [0, 0.05) is 5.75 Å². The topological polar surface area (TPSA) is 69.4 Å². The molecule has 0 fully saturated rings. The second kappa shape index (κ2) is 10.1. The summed E-state index contributed by atoms with van der Waals surface area (Å²) in [6.07, 6.45) is 0.985. The van der Waals surface area contributed by atoms with E-state index >= 15 is 0 Å². The van der Waals surface area contributed by atoms with Gasteiger partial charge in [-0.05, 0) is 35.4 Å².